The molecule has 0 unspecified atom stereocenters. The minimum atomic E-state index is -0.468. The molecule has 1 aromatic carbocycles. The summed E-state index contributed by atoms with van der Waals surface area (Å²) in [6.07, 6.45) is 0. The van der Waals surface area contributed by atoms with Crippen LogP contribution >= 0.6 is 0 Å². The number of hydrogen-bond donors (Lipinski definition) is 0. The van der Waals surface area contributed by atoms with Gasteiger partial charge in [0.15, 0.2) is 0 Å². The van der Waals surface area contributed by atoms with E-state index >= 15 is 0 Å². The maximum Gasteiger partial charge on any atom is 0.299 e. The number of hydrogen-bond acceptors (Lipinski definition) is 4. The molecule has 0 N–H and O–H groups in total. The van der Waals surface area contributed by atoms with Gasteiger partial charge in [-0.2, -0.15) is 0 Å². The topological polar surface area (TPSA) is 55.8 Å². The number of benzene rings is 1. The van der Waals surface area contributed by atoms with E-state index < -0.39 is 11.7 Å². The van der Waals surface area contributed by atoms with Crippen LogP contribution in [-0.4, -0.2) is 45.2 Å². The van der Waals surface area contributed by atoms with Gasteiger partial charge in [-0.1, -0.05) is 6.07 Å². The highest BCUT2D eigenvalue weighted by molar-refractivity contribution is 6.52. The molecule has 0 radical (unpaired) electrons. The second kappa shape index (κ2) is 6.15. The van der Waals surface area contributed by atoms with Crippen LogP contribution in [0.3, 0.4) is 0 Å². The number of ketones is 1. The van der Waals surface area contributed by atoms with Crippen LogP contribution in [0.5, 0.6) is 0 Å². The molecular formula is C15H19NO4. The fourth-order valence-electron chi connectivity index (χ4n) is 2.28. The molecule has 1 aliphatic rings. The van der Waals surface area contributed by atoms with Gasteiger partial charge in [0.25, 0.3) is 11.7 Å². The number of rotatable bonds is 6. The molecule has 1 aromatic rings. The van der Waals surface area contributed by atoms with Gasteiger partial charge in [0.05, 0.1) is 31.1 Å². The molecule has 1 heterocycles. The lowest BCUT2D eigenvalue weighted by atomic mass is 10.0. The first-order valence-electron chi connectivity index (χ1n) is 6.61. The van der Waals surface area contributed by atoms with Gasteiger partial charge in [-0.25, -0.2) is 0 Å². The first-order chi connectivity index (χ1) is 9.57. The molecule has 5 nitrogen and oxygen atoms in total. The normalized spacial score (nSPS) is 14.1. The highest BCUT2D eigenvalue weighted by atomic mass is 16.5. The molecule has 20 heavy (non-hydrogen) atoms. The van der Waals surface area contributed by atoms with Gasteiger partial charge in [-0.05, 0) is 31.0 Å². The number of carbonyl (C=O) groups excluding carboxylic acids is 2. The van der Waals surface area contributed by atoms with Gasteiger partial charge in [0.1, 0.15) is 0 Å². The lowest BCUT2D eigenvalue weighted by Gasteiger charge is -2.19. The van der Waals surface area contributed by atoms with Crippen molar-refractivity contribution in [1.29, 1.82) is 0 Å². The van der Waals surface area contributed by atoms with E-state index in [1.807, 2.05) is 19.9 Å². The van der Waals surface area contributed by atoms with Gasteiger partial charge in [0, 0.05) is 13.7 Å². The molecule has 0 saturated carbocycles. The summed E-state index contributed by atoms with van der Waals surface area (Å²) >= 11 is 0. The molecule has 5 heteroatoms. The van der Waals surface area contributed by atoms with E-state index in [0.29, 0.717) is 31.9 Å². The fraction of sp³-hybridized carbons (Fsp3) is 0.467. The van der Waals surface area contributed by atoms with Crippen molar-refractivity contribution < 1.29 is 19.1 Å². The lowest BCUT2D eigenvalue weighted by Crippen LogP contribution is -2.33. The SMILES string of the molecule is COCCOCCN1C(=O)C(=O)c2ccc(C)c(C)c21. The first-order valence-corrected chi connectivity index (χ1v) is 6.61. The Balaban J connectivity index is 2.13. The van der Waals surface area contributed by atoms with Crippen molar-refractivity contribution in [1.82, 2.24) is 0 Å². The van der Waals surface area contributed by atoms with Crippen molar-refractivity contribution in [2.75, 3.05) is 38.4 Å². The van der Waals surface area contributed by atoms with Crippen LogP contribution in [0.2, 0.25) is 0 Å². The summed E-state index contributed by atoms with van der Waals surface area (Å²) in [5, 5.41) is 0. The predicted molar refractivity (Wildman–Crippen MR) is 75.3 cm³/mol. The Labute approximate surface area is 118 Å². The van der Waals surface area contributed by atoms with Gasteiger partial charge in [-0.15, -0.1) is 0 Å². The average molecular weight is 277 g/mol. The van der Waals surface area contributed by atoms with Crippen LogP contribution < -0.4 is 4.90 Å². The number of carbonyl (C=O) groups is 2. The third-order valence-corrected chi connectivity index (χ3v) is 3.55. The number of aryl methyl sites for hydroxylation is 1. The summed E-state index contributed by atoms with van der Waals surface area (Å²) in [6.45, 7) is 5.66. The summed E-state index contributed by atoms with van der Waals surface area (Å²) in [5.41, 5.74) is 3.26. The molecule has 1 amide bonds. The van der Waals surface area contributed by atoms with Crippen LogP contribution in [0.4, 0.5) is 5.69 Å². The van der Waals surface area contributed by atoms with E-state index in [1.165, 1.54) is 4.90 Å². The third kappa shape index (κ3) is 2.59. The molecule has 1 aliphatic heterocycles. The van der Waals surface area contributed by atoms with Gasteiger partial charge in [0.2, 0.25) is 0 Å². The van der Waals surface area contributed by atoms with Crippen molar-refractivity contribution in [2.24, 2.45) is 0 Å². The largest absolute Gasteiger partial charge is 0.382 e. The zero-order valence-electron chi connectivity index (χ0n) is 12.1. The standard InChI is InChI=1S/C15H19NO4/c1-10-4-5-12-13(11(10)2)16(15(18)14(12)17)6-7-20-9-8-19-3/h4-5H,6-9H2,1-3H3. The van der Waals surface area contributed by atoms with E-state index in [0.717, 1.165) is 16.8 Å². The maximum atomic E-state index is 12.0. The first kappa shape index (κ1) is 14.7. The molecule has 0 fully saturated rings. The Hall–Kier alpha value is -1.72. The summed E-state index contributed by atoms with van der Waals surface area (Å²) in [6, 6.07) is 3.60. The van der Waals surface area contributed by atoms with Crippen LogP contribution in [0.15, 0.2) is 12.1 Å². The predicted octanol–water partition coefficient (Wildman–Crippen LogP) is 1.50. The number of ether oxygens (including phenoxy) is 2. The Morgan fingerprint density at radius 1 is 1.10 bits per heavy atom. The highest BCUT2D eigenvalue weighted by Gasteiger charge is 2.36. The molecule has 0 aromatic heterocycles. The number of amides is 1. The van der Waals surface area contributed by atoms with Crippen molar-refractivity contribution in [2.45, 2.75) is 13.8 Å². The number of fused-ring (bicyclic) bond motifs is 1. The van der Waals surface area contributed by atoms with Crippen molar-refractivity contribution in [3.8, 4) is 0 Å². The quantitative estimate of drug-likeness (QED) is 0.584. The van der Waals surface area contributed by atoms with E-state index in [1.54, 1.807) is 13.2 Å². The van der Waals surface area contributed by atoms with Crippen LogP contribution in [0, 0.1) is 13.8 Å². The summed E-state index contributed by atoms with van der Waals surface area (Å²) in [7, 11) is 1.61. The highest BCUT2D eigenvalue weighted by Crippen LogP contribution is 2.33. The molecule has 0 aliphatic carbocycles. The zero-order valence-corrected chi connectivity index (χ0v) is 12.1. The third-order valence-electron chi connectivity index (χ3n) is 3.55. The summed E-state index contributed by atoms with van der Waals surface area (Å²) in [5.74, 6) is -0.899. The Morgan fingerprint density at radius 2 is 1.85 bits per heavy atom. The lowest BCUT2D eigenvalue weighted by molar-refractivity contribution is -0.114. The monoisotopic (exact) mass is 277 g/mol. The van der Waals surface area contributed by atoms with E-state index in [4.69, 9.17) is 9.47 Å². The summed E-state index contributed by atoms with van der Waals surface area (Å²) < 4.78 is 10.3. The Kier molecular flexibility index (Phi) is 4.52. The van der Waals surface area contributed by atoms with Crippen LogP contribution in [0.1, 0.15) is 21.5 Å². The molecule has 0 spiro atoms. The second-order valence-electron chi connectivity index (χ2n) is 4.79. The Bertz CT molecular complexity index is 539. The number of nitrogens with zero attached hydrogens (tertiary/aromatic N) is 1. The van der Waals surface area contributed by atoms with Crippen molar-refractivity contribution in [3.63, 3.8) is 0 Å². The number of methoxy groups -OCH3 is 1. The van der Waals surface area contributed by atoms with E-state index in [9.17, 15) is 9.59 Å². The van der Waals surface area contributed by atoms with Crippen molar-refractivity contribution >= 4 is 17.4 Å². The molecular weight excluding hydrogens is 258 g/mol. The zero-order chi connectivity index (χ0) is 14.7. The summed E-state index contributed by atoms with van der Waals surface area (Å²) in [4.78, 5) is 25.5. The molecule has 2 rings (SSSR count). The van der Waals surface area contributed by atoms with Crippen LogP contribution in [0.25, 0.3) is 0 Å². The minimum absolute atomic E-state index is 0.381. The number of anilines is 1. The smallest absolute Gasteiger partial charge is 0.299 e. The molecule has 108 valence electrons. The van der Waals surface area contributed by atoms with Crippen molar-refractivity contribution in [3.05, 3.63) is 28.8 Å². The van der Waals surface area contributed by atoms with Crippen LogP contribution in [-0.2, 0) is 14.3 Å². The molecule has 0 bridgehead atoms. The van der Waals surface area contributed by atoms with Gasteiger partial charge in [-0.3, -0.25) is 9.59 Å². The Morgan fingerprint density at radius 3 is 2.55 bits per heavy atom. The fourth-order valence-corrected chi connectivity index (χ4v) is 2.28. The van der Waals surface area contributed by atoms with Gasteiger partial charge >= 0.3 is 0 Å². The average Bonchev–Trinajstić information content (AvgIpc) is 2.68. The van der Waals surface area contributed by atoms with Gasteiger partial charge < -0.3 is 14.4 Å². The molecule has 0 atom stereocenters. The second-order valence-corrected chi connectivity index (χ2v) is 4.79. The van der Waals surface area contributed by atoms with E-state index in [-0.39, 0.29) is 0 Å². The minimum Gasteiger partial charge on any atom is -0.382 e. The maximum absolute atomic E-state index is 12.0. The van der Waals surface area contributed by atoms with E-state index in [2.05, 4.69) is 0 Å². The molecule has 0 saturated heterocycles. The number of Topliss-reactive ketones (excluding diaryl/α,β-unsaturated/α-hetero) is 1.